The average Bonchev–Trinajstić information content (AvgIpc) is 2.79. The fourth-order valence-electron chi connectivity index (χ4n) is 2.31. The smallest absolute Gasteiger partial charge is 0.265 e. The quantitative estimate of drug-likeness (QED) is 0.627. The van der Waals surface area contributed by atoms with Gasteiger partial charge in [-0.15, -0.1) is 0 Å². The molecular weight excluding hydrogens is 240 g/mol. The molecule has 0 aliphatic carbocycles. The van der Waals surface area contributed by atoms with Crippen LogP contribution in [0.25, 0.3) is 22.9 Å². The molecule has 5 nitrogen and oxygen atoms in total. The fourth-order valence-corrected chi connectivity index (χ4v) is 2.31. The number of hydrogen-bond acceptors (Lipinski definition) is 4. The molecule has 3 rings (SSSR count). The third kappa shape index (κ3) is 1.34. The van der Waals surface area contributed by atoms with Gasteiger partial charge in [0.05, 0.1) is 21.8 Å². The molecule has 0 saturated carbocycles. The molecule has 0 aliphatic heterocycles. The van der Waals surface area contributed by atoms with Gasteiger partial charge in [0.15, 0.2) is 5.65 Å². The summed E-state index contributed by atoms with van der Waals surface area (Å²) in [5, 5.41) is 9.63. The maximum absolute atomic E-state index is 12.4. The number of nitriles is 1. The summed E-state index contributed by atoms with van der Waals surface area (Å²) in [6.45, 7) is 1.71. The molecule has 0 bridgehead atoms. The average molecular weight is 250 g/mol. The van der Waals surface area contributed by atoms with E-state index >= 15 is 0 Å². The molecule has 19 heavy (non-hydrogen) atoms. The maximum atomic E-state index is 12.4. The summed E-state index contributed by atoms with van der Waals surface area (Å²) in [7, 11) is 0. The van der Waals surface area contributed by atoms with Crippen LogP contribution in [0.1, 0.15) is 11.1 Å². The molecule has 3 aromatic rings. The third-order valence-electron chi connectivity index (χ3n) is 3.28. The highest BCUT2D eigenvalue weighted by atomic mass is 16.1. The Kier molecular flexibility index (Phi) is 2.26. The van der Waals surface area contributed by atoms with Gasteiger partial charge in [-0.25, -0.2) is 4.98 Å². The van der Waals surface area contributed by atoms with Gasteiger partial charge in [-0.1, -0.05) is 12.1 Å². The Morgan fingerprint density at radius 1 is 1.42 bits per heavy atom. The Hall–Kier alpha value is -2.87. The topological polar surface area (TPSA) is 84.2 Å². The van der Waals surface area contributed by atoms with E-state index in [1.165, 1.54) is 10.6 Å². The number of fused-ring (bicyclic) bond motifs is 3. The Morgan fingerprint density at radius 2 is 2.16 bits per heavy atom. The first-order valence-electron chi connectivity index (χ1n) is 5.75. The highest BCUT2D eigenvalue weighted by Crippen LogP contribution is 2.17. The summed E-state index contributed by atoms with van der Waals surface area (Å²) in [6, 6.07) is 9.38. The molecule has 0 unspecified atom stereocenters. The normalized spacial score (nSPS) is 12.1. The summed E-state index contributed by atoms with van der Waals surface area (Å²) in [6.07, 6.45) is 1.24. The number of pyridine rings is 1. The van der Waals surface area contributed by atoms with Crippen molar-refractivity contribution in [3.05, 3.63) is 51.0 Å². The van der Waals surface area contributed by atoms with Crippen LogP contribution < -0.4 is 16.5 Å². The number of imidazole rings is 1. The standard InChI is InChI=1S/C14H10N4O/c1-8-9(6-15)13-17-11-4-2-3-5-12(11)18(13)14(19)10(8)7-16/h2-5,7H,16H2,1H3. The fraction of sp³-hybridized carbons (Fsp3) is 0.0714. The number of aromatic nitrogens is 2. The van der Waals surface area contributed by atoms with Gasteiger partial charge in [0.1, 0.15) is 6.07 Å². The predicted molar refractivity (Wildman–Crippen MR) is 72.3 cm³/mol. The third-order valence-corrected chi connectivity index (χ3v) is 3.28. The zero-order chi connectivity index (χ0) is 13.6. The first-order chi connectivity index (χ1) is 9.19. The molecular formula is C14H10N4O. The lowest BCUT2D eigenvalue weighted by atomic mass is 10.1. The van der Waals surface area contributed by atoms with Crippen LogP contribution in [0.3, 0.4) is 0 Å². The second kappa shape index (κ2) is 3.82. The largest absolute Gasteiger partial charge is 0.404 e. The molecule has 0 amide bonds. The molecule has 1 aromatic carbocycles. The van der Waals surface area contributed by atoms with E-state index in [2.05, 4.69) is 11.1 Å². The first-order valence-corrected chi connectivity index (χ1v) is 5.75. The van der Waals surface area contributed by atoms with Crippen LogP contribution in [0.4, 0.5) is 0 Å². The van der Waals surface area contributed by atoms with Crippen molar-refractivity contribution < 1.29 is 0 Å². The van der Waals surface area contributed by atoms with Crippen LogP contribution in [-0.4, -0.2) is 9.38 Å². The van der Waals surface area contributed by atoms with E-state index in [0.29, 0.717) is 33.0 Å². The van der Waals surface area contributed by atoms with Gasteiger partial charge in [0, 0.05) is 6.20 Å². The number of rotatable bonds is 0. The van der Waals surface area contributed by atoms with Crippen molar-refractivity contribution >= 4 is 22.9 Å². The van der Waals surface area contributed by atoms with Crippen molar-refractivity contribution in [3.8, 4) is 6.07 Å². The molecule has 0 saturated heterocycles. The van der Waals surface area contributed by atoms with Gasteiger partial charge in [0.2, 0.25) is 0 Å². The molecule has 0 fully saturated rings. The predicted octanol–water partition coefficient (Wildman–Crippen LogP) is 0.443. The van der Waals surface area contributed by atoms with Crippen molar-refractivity contribution in [2.75, 3.05) is 0 Å². The van der Waals surface area contributed by atoms with E-state index in [1.807, 2.05) is 18.2 Å². The minimum Gasteiger partial charge on any atom is -0.404 e. The zero-order valence-electron chi connectivity index (χ0n) is 10.2. The van der Waals surface area contributed by atoms with Crippen molar-refractivity contribution in [1.82, 2.24) is 9.38 Å². The maximum Gasteiger partial charge on any atom is 0.265 e. The van der Waals surface area contributed by atoms with Crippen LogP contribution in [0.2, 0.25) is 0 Å². The minimum atomic E-state index is -0.247. The van der Waals surface area contributed by atoms with Crippen LogP contribution in [0.15, 0.2) is 29.1 Å². The molecule has 0 radical (unpaired) electrons. The van der Waals surface area contributed by atoms with E-state index in [-0.39, 0.29) is 5.56 Å². The van der Waals surface area contributed by atoms with Crippen LogP contribution >= 0.6 is 0 Å². The van der Waals surface area contributed by atoms with E-state index in [1.54, 1.807) is 13.0 Å². The highest BCUT2D eigenvalue weighted by Gasteiger charge is 2.15. The van der Waals surface area contributed by atoms with Gasteiger partial charge in [-0.05, 0) is 24.6 Å². The summed E-state index contributed by atoms with van der Waals surface area (Å²) in [5.41, 5.74) is 7.97. The van der Waals surface area contributed by atoms with Gasteiger partial charge in [-0.2, -0.15) is 5.26 Å². The second-order valence-corrected chi connectivity index (χ2v) is 4.26. The lowest BCUT2D eigenvalue weighted by Gasteiger charge is -2.01. The Balaban J connectivity index is 2.78. The Labute approximate surface area is 108 Å². The van der Waals surface area contributed by atoms with Crippen molar-refractivity contribution in [1.29, 1.82) is 5.26 Å². The Morgan fingerprint density at radius 3 is 2.84 bits per heavy atom. The van der Waals surface area contributed by atoms with Gasteiger partial charge in [-0.3, -0.25) is 9.20 Å². The zero-order valence-corrected chi connectivity index (χ0v) is 10.2. The van der Waals surface area contributed by atoms with Crippen LogP contribution in [0.5, 0.6) is 0 Å². The van der Waals surface area contributed by atoms with Gasteiger partial charge < -0.3 is 5.73 Å². The number of para-hydroxylation sites is 2. The number of nitrogens with zero attached hydrogens (tertiary/aromatic N) is 3. The number of nitrogens with two attached hydrogens (primary N) is 1. The van der Waals surface area contributed by atoms with E-state index < -0.39 is 0 Å². The van der Waals surface area contributed by atoms with Gasteiger partial charge >= 0.3 is 0 Å². The minimum absolute atomic E-state index is 0.247. The number of benzene rings is 1. The van der Waals surface area contributed by atoms with Crippen molar-refractivity contribution in [3.63, 3.8) is 0 Å². The highest BCUT2D eigenvalue weighted by molar-refractivity contribution is 5.82. The Bertz CT molecular complexity index is 963. The van der Waals surface area contributed by atoms with Crippen LogP contribution in [-0.2, 0) is 0 Å². The molecule has 2 N–H and O–H groups in total. The molecule has 0 atom stereocenters. The molecule has 92 valence electrons. The summed E-state index contributed by atoms with van der Waals surface area (Å²) < 4.78 is 1.44. The lowest BCUT2D eigenvalue weighted by molar-refractivity contribution is 1.09. The number of hydrogen-bond donors (Lipinski definition) is 1. The van der Waals surface area contributed by atoms with Crippen molar-refractivity contribution in [2.24, 2.45) is 5.73 Å². The van der Waals surface area contributed by atoms with Crippen molar-refractivity contribution in [2.45, 2.75) is 6.92 Å². The molecule has 0 spiro atoms. The van der Waals surface area contributed by atoms with Gasteiger partial charge in [0.25, 0.3) is 5.56 Å². The SMILES string of the molecule is Cc1c(C#N)c2nc3ccccc3n2c(=O)c1=CN. The lowest BCUT2D eigenvalue weighted by Crippen LogP contribution is -2.35. The first kappa shape index (κ1) is 11.2. The molecule has 2 heterocycles. The monoisotopic (exact) mass is 250 g/mol. The van der Waals surface area contributed by atoms with E-state index in [9.17, 15) is 10.1 Å². The summed E-state index contributed by atoms with van der Waals surface area (Å²) in [4.78, 5) is 16.8. The molecule has 2 aromatic heterocycles. The van der Waals surface area contributed by atoms with E-state index in [0.717, 1.165) is 0 Å². The summed E-state index contributed by atoms with van der Waals surface area (Å²) in [5.74, 6) is 0. The summed E-state index contributed by atoms with van der Waals surface area (Å²) >= 11 is 0. The molecule has 5 heteroatoms. The second-order valence-electron chi connectivity index (χ2n) is 4.26. The molecule has 0 aliphatic rings. The van der Waals surface area contributed by atoms with E-state index in [4.69, 9.17) is 5.73 Å². The van der Waals surface area contributed by atoms with Crippen LogP contribution in [0, 0.1) is 18.3 Å².